The van der Waals surface area contributed by atoms with Crippen molar-refractivity contribution in [1.82, 2.24) is 24.5 Å². The predicted octanol–water partition coefficient (Wildman–Crippen LogP) is 0.726. The minimum Gasteiger partial charge on any atom is -0.310 e. The van der Waals surface area contributed by atoms with Crippen LogP contribution in [-0.4, -0.2) is 90.3 Å². The molecule has 2 aliphatic rings. The van der Waals surface area contributed by atoms with E-state index in [-0.39, 0.29) is 5.91 Å². The van der Waals surface area contributed by atoms with Gasteiger partial charge in [-0.1, -0.05) is 0 Å². The lowest BCUT2D eigenvalue weighted by molar-refractivity contribution is -0.117. The van der Waals surface area contributed by atoms with Gasteiger partial charge in [-0.3, -0.25) is 9.69 Å². The van der Waals surface area contributed by atoms with Gasteiger partial charge in [-0.25, -0.2) is 4.68 Å². The van der Waals surface area contributed by atoms with E-state index in [2.05, 4.69) is 39.2 Å². The smallest absolute Gasteiger partial charge is 0.239 e. The van der Waals surface area contributed by atoms with Gasteiger partial charge in [0.05, 0.1) is 18.8 Å². The highest BCUT2D eigenvalue weighted by Crippen LogP contribution is 2.24. The Bertz CT molecular complexity index is 537. The zero-order chi connectivity index (χ0) is 16.9. The number of rotatable bonds is 4. The van der Waals surface area contributed by atoms with Gasteiger partial charge in [0.15, 0.2) is 0 Å². The molecule has 2 aliphatic heterocycles. The number of aromatic nitrogens is 2. The van der Waals surface area contributed by atoms with Crippen LogP contribution < -0.4 is 5.32 Å². The van der Waals surface area contributed by atoms with Crippen molar-refractivity contribution < 1.29 is 4.79 Å². The first-order chi connectivity index (χ1) is 11.6. The van der Waals surface area contributed by atoms with Gasteiger partial charge in [0, 0.05) is 19.2 Å². The van der Waals surface area contributed by atoms with Crippen molar-refractivity contribution in [2.45, 2.75) is 25.3 Å². The fraction of sp³-hybridized carbons (Fsp3) is 0.765. The maximum absolute atomic E-state index is 12.4. The maximum Gasteiger partial charge on any atom is 0.239 e. The van der Waals surface area contributed by atoms with E-state index >= 15 is 0 Å². The summed E-state index contributed by atoms with van der Waals surface area (Å²) in [5.41, 5.74) is 0. The van der Waals surface area contributed by atoms with E-state index in [1.165, 1.54) is 0 Å². The van der Waals surface area contributed by atoms with E-state index in [9.17, 15) is 4.79 Å². The summed E-state index contributed by atoms with van der Waals surface area (Å²) in [6.45, 7) is 6.72. The summed E-state index contributed by atoms with van der Waals surface area (Å²) in [5, 5.41) is 7.52. The molecule has 0 spiro atoms. The molecule has 3 heterocycles. The number of likely N-dealkylation sites (N-methyl/N-ethyl adjacent to an activating group) is 1. The fourth-order valence-electron chi connectivity index (χ4n) is 3.59. The van der Waals surface area contributed by atoms with Crippen LogP contribution in [0.25, 0.3) is 0 Å². The third-order valence-electron chi connectivity index (χ3n) is 5.15. The molecule has 24 heavy (non-hydrogen) atoms. The number of amides is 1. The van der Waals surface area contributed by atoms with Gasteiger partial charge in [0.1, 0.15) is 5.82 Å². The van der Waals surface area contributed by atoms with Crippen LogP contribution in [0.2, 0.25) is 0 Å². The third-order valence-corrected chi connectivity index (χ3v) is 5.15. The van der Waals surface area contributed by atoms with E-state index in [1.807, 2.05) is 10.7 Å². The van der Waals surface area contributed by atoms with Crippen LogP contribution in [0.15, 0.2) is 12.3 Å². The Morgan fingerprint density at radius 3 is 2.67 bits per heavy atom. The molecule has 1 aromatic heterocycles. The van der Waals surface area contributed by atoms with E-state index < -0.39 is 0 Å². The van der Waals surface area contributed by atoms with Gasteiger partial charge in [-0.2, -0.15) is 5.10 Å². The first kappa shape index (κ1) is 17.4. The van der Waals surface area contributed by atoms with Gasteiger partial charge in [-0.05, 0) is 59.5 Å². The second kappa shape index (κ2) is 8.09. The highest BCUT2D eigenvalue weighted by atomic mass is 16.2. The summed E-state index contributed by atoms with van der Waals surface area (Å²) in [6, 6.07) is 2.30. The minimum absolute atomic E-state index is 0.0641. The Kier molecular flexibility index (Phi) is 5.86. The molecule has 0 bridgehead atoms. The van der Waals surface area contributed by atoms with E-state index in [1.54, 1.807) is 6.20 Å². The maximum atomic E-state index is 12.4. The summed E-state index contributed by atoms with van der Waals surface area (Å²) in [7, 11) is 4.30. The normalized spacial score (nSPS) is 22.4. The molecule has 0 atom stereocenters. The average molecular weight is 334 g/mol. The largest absolute Gasteiger partial charge is 0.310 e. The Hall–Kier alpha value is -1.44. The van der Waals surface area contributed by atoms with Crippen LogP contribution >= 0.6 is 0 Å². The van der Waals surface area contributed by atoms with Gasteiger partial charge >= 0.3 is 0 Å². The van der Waals surface area contributed by atoms with E-state index in [4.69, 9.17) is 0 Å². The second-order valence-corrected chi connectivity index (χ2v) is 7.18. The van der Waals surface area contributed by atoms with Crippen molar-refractivity contribution >= 4 is 11.7 Å². The minimum atomic E-state index is 0.0641. The van der Waals surface area contributed by atoms with Crippen LogP contribution in [0, 0.1) is 0 Å². The summed E-state index contributed by atoms with van der Waals surface area (Å²) >= 11 is 0. The van der Waals surface area contributed by atoms with E-state index in [0.717, 1.165) is 64.3 Å². The Balaban J connectivity index is 1.54. The molecule has 3 rings (SSSR count). The number of nitrogens with one attached hydrogen (secondary N) is 1. The molecule has 7 heteroatoms. The van der Waals surface area contributed by atoms with Crippen molar-refractivity contribution in [3.63, 3.8) is 0 Å². The van der Waals surface area contributed by atoms with Gasteiger partial charge in [0.25, 0.3) is 0 Å². The number of likely N-dealkylation sites (tertiary alicyclic amines) is 1. The second-order valence-electron chi connectivity index (χ2n) is 7.18. The van der Waals surface area contributed by atoms with Crippen LogP contribution in [0.5, 0.6) is 0 Å². The molecule has 1 aromatic rings. The lowest BCUT2D eigenvalue weighted by Gasteiger charge is -2.30. The molecular weight excluding hydrogens is 304 g/mol. The molecule has 0 radical (unpaired) electrons. The van der Waals surface area contributed by atoms with Crippen molar-refractivity contribution in [3.05, 3.63) is 12.3 Å². The molecule has 1 amide bonds. The molecule has 134 valence electrons. The van der Waals surface area contributed by atoms with Crippen molar-refractivity contribution in [2.24, 2.45) is 0 Å². The summed E-state index contributed by atoms with van der Waals surface area (Å²) in [5.74, 6) is 0.899. The van der Waals surface area contributed by atoms with Crippen LogP contribution in [-0.2, 0) is 4.79 Å². The lowest BCUT2D eigenvalue weighted by atomic mass is 10.1. The number of carbonyl (C=O) groups excluding carboxylic acids is 1. The van der Waals surface area contributed by atoms with Crippen molar-refractivity contribution in [1.29, 1.82) is 0 Å². The standard InChI is InChI=1S/C17H30N6O/c1-20-8-3-9-22(13-12-20)14-17(24)19-16-4-7-18-23(16)15-5-10-21(2)11-6-15/h4,7,15H,3,5-6,8-14H2,1-2H3,(H,19,24). The molecule has 0 aliphatic carbocycles. The van der Waals surface area contributed by atoms with Crippen molar-refractivity contribution in [2.75, 3.05) is 65.2 Å². The number of carbonyl (C=O) groups is 1. The van der Waals surface area contributed by atoms with Crippen LogP contribution in [0.1, 0.15) is 25.3 Å². The molecule has 2 saturated heterocycles. The van der Waals surface area contributed by atoms with E-state index in [0.29, 0.717) is 12.6 Å². The summed E-state index contributed by atoms with van der Waals surface area (Å²) < 4.78 is 2.00. The SMILES string of the molecule is CN1CCC(n2nccc2NC(=O)CN2CCCN(C)CC2)CC1. The monoisotopic (exact) mass is 334 g/mol. The molecular formula is C17H30N6O. The zero-order valence-electron chi connectivity index (χ0n) is 14.9. The number of hydrogen-bond donors (Lipinski definition) is 1. The Labute approximate surface area is 144 Å². The molecule has 0 unspecified atom stereocenters. The topological polar surface area (TPSA) is 56.6 Å². The molecule has 2 fully saturated rings. The van der Waals surface area contributed by atoms with Crippen molar-refractivity contribution in [3.8, 4) is 0 Å². The number of piperidine rings is 1. The number of nitrogens with zero attached hydrogens (tertiary/aromatic N) is 5. The summed E-state index contributed by atoms with van der Waals surface area (Å²) in [6.07, 6.45) is 5.07. The van der Waals surface area contributed by atoms with Crippen LogP contribution in [0.4, 0.5) is 5.82 Å². The fourth-order valence-corrected chi connectivity index (χ4v) is 3.59. The highest BCUT2D eigenvalue weighted by Gasteiger charge is 2.22. The summed E-state index contributed by atoms with van der Waals surface area (Å²) in [4.78, 5) is 19.4. The lowest BCUT2D eigenvalue weighted by Crippen LogP contribution is -2.37. The molecule has 0 aromatic carbocycles. The third kappa shape index (κ3) is 4.55. The highest BCUT2D eigenvalue weighted by molar-refractivity contribution is 5.91. The Morgan fingerprint density at radius 2 is 1.88 bits per heavy atom. The average Bonchev–Trinajstić information content (AvgIpc) is 2.91. The zero-order valence-corrected chi connectivity index (χ0v) is 14.9. The quantitative estimate of drug-likeness (QED) is 0.880. The van der Waals surface area contributed by atoms with Gasteiger partial charge < -0.3 is 15.1 Å². The van der Waals surface area contributed by atoms with Crippen LogP contribution in [0.3, 0.4) is 0 Å². The first-order valence-corrected chi connectivity index (χ1v) is 9.04. The number of hydrogen-bond acceptors (Lipinski definition) is 5. The molecule has 1 N–H and O–H groups in total. The molecule has 0 saturated carbocycles. The first-order valence-electron chi connectivity index (χ1n) is 9.04. The predicted molar refractivity (Wildman–Crippen MR) is 95.2 cm³/mol. The number of anilines is 1. The van der Waals surface area contributed by atoms with Gasteiger partial charge in [0.2, 0.25) is 5.91 Å². The Morgan fingerprint density at radius 1 is 1.12 bits per heavy atom. The van der Waals surface area contributed by atoms with Gasteiger partial charge in [-0.15, -0.1) is 0 Å². The molecule has 7 nitrogen and oxygen atoms in total.